The van der Waals surface area contributed by atoms with Crippen LogP contribution in [-0.4, -0.2) is 184 Å². The summed E-state index contributed by atoms with van der Waals surface area (Å²) in [6, 6.07) is 25.0. The molecule has 1 amide bonds. The second-order valence-electron chi connectivity index (χ2n) is 17.3. The number of amides is 1. The van der Waals surface area contributed by atoms with E-state index >= 15 is 0 Å². The Balaban J connectivity index is 0.745. The Kier molecular flexibility index (Phi) is 37.7. The maximum Gasteiger partial charge on any atom is 0.407 e. The number of hydrogen-bond donors (Lipinski definition) is 1. The van der Waals surface area contributed by atoms with E-state index in [0.29, 0.717) is 185 Å². The van der Waals surface area contributed by atoms with E-state index < -0.39 is 6.09 Å². The lowest BCUT2D eigenvalue weighted by Crippen LogP contribution is -2.27. The number of carbonyl (C=O) groups excluding carboxylic acids is 1. The van der Waals surface area contributed by atoms with Gasteiger partial charge in [0.05, 0.1) is 152 Å². The molecule has 4 rings (SSSR count). The van der Waals surface area contributed by atoms with Crippen molar-refractivity contribution in [2.24, 2.45) is 0 Å². The predicted octanol–water partition coefficient (Wildman–Crippen LogP) is 8.49. The Bertz CT molecular complexity index is 1690. The van der Waals surface area contributed by atoms with Crippen LogP contribution in [0.3, 0.4) is 0 Å². The van der Waals surface area contributed by atoms with E-state index in [-0.39, 0.29) is 5.92 Å². The average Bonchev–Trinajstić information content (AvgIpc) is 3.74. The summed E-state index contributed by atoms with van der Waals surface area (Å²) in [7, 11) is 0. The lowest BCUT2D eigenvalue weighted by atomic mass is 9.98. The summed E-state index contributed by atoms with van der Waals surface area (Å²) in [5, 5.41) is 2.81. The number of hydrogen-bond acceptors (Lipinski definition) is 15. The minimum Gasteiger partial charge on any atom is -0.491 e. The van der Waals surface area contributed by atoms with Gasteiger partial charge in [-0.15, -0.1) is 0 Å². The van der Waals surface area contributed by atoms with Crippen molar-refractivity contribution in [3.8, 4) is 16.9 Å². The standard InChI is InChI=1S/C57H89NO15/c1-2-3-4-5-6-7-8-14-50-19-21-51(22-20-50)72-48-47-71-46-45-70-44-43-69-42-41-68-40-39-67-38-37-66-36-35-65-34-33-64-32-31-63-30-29-62-28-27-61-26-25-60-24-13-23-58-57(59)73-49-56-54-17-11-9-15-52(54)53-16-10-12-18-55(53)56/h9-12,15-22,56H,2-8,13-14,23-49H2,1H3,(H,58,59). The fourth-order valence-corrected chi connectivity index (χ4v) is 7.79. The molecule has 0 saturated carbocycles. The Hall–Kier alpha value is -3.75. The lowest BCUT2D eigenvalue weighted by Gasteiger charge is -2.14. The van der Waals surface area contributed by atoms with Gasteiger partial charge in [-0.05, 0) is 59.2 Å². The Morgan fingerprint density at radius 2 is 0.753 bits per heavy atom. The van der Waals surface area contributed by atoms with Gasteiger partial charge in [0, 0.05) is 19.1 Å². The second-order valence-corrected chi connectivity index (χ2v) is 17.3. The largest absolute Gasteiger partial charge is 0.491 e. The molecule has 3 aromatic carbocycles. The molecule has 0 aromatic heterocycles. The van der Waals surface area contributed by atoms with Crippen LogP contribution in [-0.2, 0) is 68.0 Å². The summed E-state index contributed by atoms with van der Waals surface area (Å²) in [6.07, 6.45) is 10.7. The van der Waals surface area contributed by atoms with E-state index in [1.807, 2.05) is 24.3 Å². The van der Waals surface area contributed by atoms with Crippen LogP contribution in [0.1, 0.15) is 80.9 Å². The molecule has 0 spiro atoms. The number of fused-ring (bicyclic) bond motifs is 3. The number of unbranched alkanes of at least 4 members (excludes halogenated alkanes) is 6. The van der Waals surface area contributed by atoms with Crippen molar-refractivity contribution in [2.45, 2.75) is 70.6 Å². The van der Waals surface area contributed by atoms with Gasteiger partial charge < -0.3 is 71.6 Å². The van der Waals surface area contributed by atoms with E-state index in [9.17, 15) is 4.79 Å². The molecule has 1 aliphatic carbocycles. The monoisotopic (exact) mass is 1030 g/mol. The smallest absolute Gasteiger partial charge is 0.407 e. The highest BCUT2D eigenvalue weighted by Gasteiger charge is 2.29. The van der Waals surface area contributed by atoms with Crippen LogP contribution in [0.4, 0.5) is 4.79 Å². The third-order valence-electron chi connectivity index (χ3n) is 11.7. The van der Waals surface area contributed by atoms with Crippen LogP contribution in [0.5, 0.6) is 5.75 Å². The Morgan fingerprint density at radius 1 is 0.397 bits per heavy atom. The van der Waals surface area contributed by atoms with Gasteiger partial charge in [0.2, 0.25) is 0 Å². The normalized spacial score (nSPS) is 12.1. The van der Waals surface area contributed by atoms with Crippen molar-refractivity contribution in [3.05, 3.63) is 89.5 Å². The molecule has 0 fully saturated rings. The summed E-state index contributed by atoms with van der Waals surface area (Å²) >= 11 is 0. The molecule has 73 heavy (non-hydrogen) atoms. The van der Waals surface area contributed by atoms with Gasteiger partial charge >= 0.3 is 6.09 Å². The molecule has 412 valence electrons. The Labute approximate surface area is 436 Å². The molecule has 0 saturated heterocycles. The third-order valence-corrected chi connectivity index (χ3v) is 11.7. The van der Waals surface area contributed by atoms with E-state index in [2.05, 4.69) is 60.8 Å². The van der Waals surface area contributed by atoms with Crippen LogP contribution in [0, 0.1) is 0 Å². The lowest BCUT2D eigenvalue weighted by molar-refractivity contribution is -0.0285. The highest BCUT2D eigenvalue weighted by atomic mass is 16.6. The molecule has 1 aliphatic rings. The van der Waals surface area contributed by atoms with Crippen molar-refractivity contribution in [1.29, 1.82) is 0 Å². The van der Waals surface area contributed by atoms with Crippen molar-refractivity contribution >= 4 is 6.09 Å². The molecule has 0 radical (unpaired) electrons. The van der Waals surface area contributed by atoms with Gasteiger partial charge in [0.1, 0.15) is 19.0 Å². The van der Waals surface area contributed by atoms with Crippen LogP contribution in [0.2, 0.25) is 0 Å². The van der Waals surface area contributed by atoms with E-state index in [1.165, 1.54) is 72.8 Å². The summed E-state index contributed by atoms with van der Waals surface area (Å²) < 4.78 is 78.0. The molecule has 16 heteroatoms. The van der Waals surface area contributed by atoms with Crippen molar-refractivity contribution in [2.75, 3.05) is 178 Å². The van der Waals surface area contributed by atoms with Crippen LogP contribution >= 0.6 is 0 Å². The number of ether oxygens (including phenoxy) is 14. The van der Waals surface area contributed by atoms with Gasteiger partial charge in [0.25, 0.3) is 0 Å². The molecule has 0 atom stereocenters. The quantitative estimate of drug-likeness (QED) is 0.0537. The number of nitrogens with one attached hydrogen (secondary N) is 1. The molecule has 0 unspecified atom stereocenters. The zero-order valence-electron chi connectivity index (χ0n) is 44.1. The maximum absolute atomic E-state index is 12.3. The van der Waals surface area contributed by atoms with Gasteiger partial charge in [0.15, 0.2) is 0 Å². The number of rotatable bonds is 51. The summed E-state index contributed by atoms with van der Waals surface area (Å²) in [4.78, 5) is 12.3. The molecule has 3 aromatic rings. The molecular formula is C57H89NO15. The van der Waals surface area contributed by atoms with E-state index in [1.54, 1.807) is 0 Å². The van der Waals surface area contributed by atoms with Crippen molar-refractivity contribution < 1.29 is 71.1 Å². The van der Waals surface area contributed by atoms with Gasteiger partial charge in [-0.2, -0.15) is 0 Å². The average molecular weight is 1030 g/mol. The molecule has 0 aliphatic heterocycles. The number of benzene rings is 3. The number of aryl methyl sites for hydroxylation is 1. The fourth-order valence-electron chi connectivity index (χ4n) is 7.79. The van der Waals surface area contributed by atoms with Crippen LogP contribution < -0.4 is 10.1 Å². The first-order chi connectivity index (χ1) is 36.3. The van der Waals surface area contributed by atoms with E-state index in [4.69, 9.17) is 66.3 Å². The number of carbonyl (C=O) groups is 1. The summed E-state index contributed by atoms with van der Waals surface area (Å²) in [5.41, 5.74) is 6.18. The SMILES string of the molecule is CCCCCCCCCc1ccc(OCCOCCOCCOCCOCCOCCOCCOCCOCCOCCOCCOCCOCCCNC(=O)OCC2c3ccccc3-c3ccccc32)cc1. The molecular weight excluding hydrogens is 939 g/mol. The first-order valence-corrected chi connectivity index (χ1v) is 27.0. The highest BCUT2D eigenvalue weighted by Crippen LogP contribution is 2.44. The van der Waals surface area contributed by atoms with Crippen molar-refractivity contribution in [1.82, 2.24) is 5.32 Å². The van der Waals surface area contributed by atoms with E-state index in [0.717, 1.165) is 12.2 Å². The summed E-state index contributed by atoms with van der Waals surface area (Å²) in [6.45, 7) is 15.5. The minimum absolute atomic E-state index is 0.0457. The fraction of sp³-hybridized carbons (Fsp3) is 0.667. The molecule has 0 heterocycles. The first-order valence-electron chi connectivity index (χ1n) is 27.0. The predicted molar refractivity (Wildman–Crippen MR) is 281 cm³/mol. The van der Waals surface area contributed by atoms with Crippen molar-refractivity contribution in [3.63, 3.8) is 0 Å². The maximum atomic E-state index is 12.3. The molecule has 16 nitrogen and oxygen atoms in total. The van der Waals surface area contributed by atoms with Gasteiger partial charge in [-0.25, -0.2) is 4.79 Å². The minimum atomic E-state index is -0.416. The topological polar surface area (TPSA) is 158 Å². The third kappa shape index (κ3) is 31.0. The zero-order chi connectivity index (χ0) is 51.2. The van der Waals surface area contributed by atoms with Gasteiger partial charge in [-0.1, -0.05) is 106 Å². The second kappa shape index (κ2) is 44.5. The zero-order valence-corrected chi connectivity index (χ0v) is 44.1. The Morgan fingerprint density at radius 3 is 1.16 bits per heavy atom. The molecule has 0 bridgehead atoms. The highest BCUT2D eigenvalue weighted by molar-refractivity contribution is 5.79. The summed E-state index contributed by atoms with van der Waals surface area (Å²) in [5.74, 6) is 0.928. The van der Waals surface area contributed by atoms with Crippen LogP contribution in [0.25, 0.3) is 11.1 Å². The molecule has 1 N–H and O–H groups in total. The van der Waals surface area contributed by atoms with Gasteiger partial charge in [-0.3, -0.25) is 0 Å². The number of alkyl carbamates (subject to hydrolysis) is 1. The van der Waals surface area contributed by atoms with Crippen LogP contribution in [0.15, 0.2) is 72.8 Å². The first kappa shape index (κ1) is 61.8.